The predicted molar refractivity (Wildman–Crippen MR) is 97.2 cm³/mol. The fourth-order valence-corrected chi connectivity index (χ4v) is 4.55. The fourth-order valence-electron chi connectivity index (χ4n) is 4.55. The fraction of sp³-hybridized carbons (Fsp3) is 0.579. The van der Waals surface area contributed by atoms with Crippen LogP contribution in [0.2, 0.25) is 0 Å². The highest BCUT2D eigenvalue weighted by Gasteiger charge is 2.36. The Balaban J connectivity index is 1.35. The standard InChI is InChI=1S/C19H23N5O3/c25-17-10-27-16-5-6-23(9-15(16)22-17)19(26)12-7-14-18(20-8-12)24(11-21-14)13-3-1-2-4-13/h7-8,11,13,15-16H,1-6,9-10H2,(H,22,25)/t15-,16+/m0/s1. The minimum Gasteiger partial charge on any atom is -0.366 e. The molecule has 142 valence electrons. The van der Waals surface area contributed by atoms with Gasteiger partial charge in [0.1, 0.15) is 12.1 Å². The molecule has 5 rings (SSSR count). The molecule has 2 amide bonds. The van der Waals surface area contributed by atoms with E-state index in [9.17, 15) is 9.59 Å². The van der Waals surface area contributed by atoms with Gasteiger partial charge in [-0.2, -0.15) is 0 Å². The van der Waals surface area contributed by atoms with Crippen LogP contribution in [0.4, 0.5) is 0 Å². The maximum absolute atomic E-state index is 13.0. The molecule has 1 aliphatic carbocycles. The second-order valence-corrected chi connectivity index (χ2v) is 7.72. The van der Waals surface area contributed by atoms with Gasteiger partial charge in [-0.25, -0.2) is 9.97 Å². The molecular weight excluding hydrogens is 346 g/mol. The lowest BCUT2D eigenvalue weighted by Gasteiger charge is -2.41. The number of ether oxygens (including phenoxy) is 1. The monoisotopic (exact) mass is 369 g/mol. The third-order valence-corrected chi connectivity index (χ3v) is 5.99. The molecule has 0 spiro atoms. The molecule has 0 unspecified atom stereocenters. The number of pyridine rings is 1. The van der Waals surface area contributed by atoms with E-state index < -0.39 is 0 Å². The molecule has 0 radical (unpaired) electrons. The number of morpholine rings is 1. The normalized spacial score (nSPS) is 26.2. The number of nitrogens with zero attached hydrogens (tertiary/aromatic N) is 4. The number of rotatable bonds is 2. The van der Waals surface area contributed by atoms with Gasteiger partial charge in [0.05, 0.1) is 24.0 Å². The van der Waals surface area contributed by atoms with Crippen LogP contribution in [0.1, 0.15) is 48.5 Å². The summed E-state index contributed by atoms with van der Waals surface area (Å²) in [5.74, 6) is -0.191. The van der Waals surface area contributed by atoms with E-state index >= 15 is 0 Å². The van der Waals surface area contributed by atoms with Crippen LogP contribution < -0.4 is 5.32 Å². The Labute approximate surface area is 156 Å². The zero-order chi connectivity index (χ0) is 18.4. The van der Waals surface area contributed by atoms with Crippen molar-refractivity contribution in [3.63, 3.8) is 0 Å². The predicted octanol–water partition coefficient (Wildman–Crippen LogP) is 1.28. The van der Waals surface area contributed by atoms with Crippen molar-refractivity contribution in [3.8, 4) is 0 Å². The smallest absolute Gasteiger partial charge is 0.255 e. The Morgan fingerprint density at radius 1 is 1.22 bits per heavy atom. The summed E-state index contributed by atoms with van der Waals surface area (Å²) in [6, 6.07) is 2.17. The van der Waals surface area contributed by atoms with Gasteiger partial charge < -0.3 is 19.5 Å². The van der Waals surface area contributed by atoms with E-state index in [-0.39, 0.29) is 30.6 Å². The molecular formula is C19H23N5O3. The molecule has 3 fully saturated rings. The molecule has 2 saturated heterocycles. The largest absolute Gasteiger partial charge is 0.366 e. The number of hydrogen-bond donors (Lipinski definition) is 1. The first-order valence-electron chi connectivity index (χ1n) is 9.72. The summed E-state index contributed by atoms with van der Waals surface area (Å²) in [6.45, 7) is 1.19. The molecule has 1 saturated carbocycles. The first-order valence-corrected chi connectivity index (χ1v) is 9.72. The molecule has 1 N–H and O–H groups in total. The topological polar surface area (TPSA) is 89.3 Å². The lowest BCUT2D eigenvalue weighted by Crippen LogP contribution is -2.61. The number of carbonyl (C=O) groups excluding carboxylic acids is 2. The van der Waals surface area contributed by atoms with Crippen molar-refractivity contribution in [2.45, 2.75) is 50.3 Å². The minimum absolute atomic E-state index is 0.00512. The van der Waals surface area contributed by atoms with Gasteiger partial charge in [-0.3, -0.25) is 9.59 Å². The summed E-state index contributed by atoms with van der Waals surface area (Å²) >= 11 is 0. The highest BCUT2D eigenvalue weighted by molar-refractivity contribution is 5.96. The summed E-state index contributed by atoms with van der Waals surface area (Å²) in [6.07, 6.45) is 9.05. The van der Waals surface area contributed by atoms with E-state index in [0.717, 1.165) is 30.4 Å². The van der Waals surface area contributed by atoms with E-state index in [1.165, 1.54) is 12.8 Å². The van der Waals surface area contributed by atoms with Gasteiger partial charge in [0.2, 0.25) is 5.91 Å². The number of piperidine rings is 1. The number of carbonyl (C=O) groups is 2. The van der Waals surface area contributed by atoms with Gasteiger partial charge in [0.25, 0.3) is 5.91 Å². The molecule has 2 aromatic heterocycles. The van der Waals surface area contributed by atoms with Crippen LogP contribution in [0.15, 0.2) is 18.6 Å². The van der Waals surface area contributed by atoms with E-state index in [2.05, 4.69) is 19.9 Å². The first kappa shape index (κ1) is 16.7. The number of likely N-dealkylation sites (tertiary alicyclic amines) is 1. The van der Waals surface area contributed by atoms with Crippen molar-refractivity contribution >= 4 is 23.0 Å². The van der Waals surface area contributed by atoms with Gasteiger partial charge in [-0.1, -0.05) is 12.8 Å². The van der Waals surface area contributed by atoms with Crippen molar-refractivity contribution < 1.29 is 14.3 Å². The van der Waals surface area contributed by atoms with Crippen LogP contribution in [-0.4, -0.2) is 63.1 Å². The number of amides is 2. The zero-order valence-electron chi connectivity index (χ0n) is 15.1. The molecule has 4 heterocycles. The second-order valence-electron chi connectivity index (χ2n) is 7.72. The SMILES string of the molecule is O=C1CO[C@@H]2CCN(C(=O)c3cnc4c(c3)ncn4C3CCCC3)C[C@@H]2N1. The summed E-state index contributed by atoms with van der Waals surface area (Å²) in [4.78, 5) is 35.3. The van der Waals surface area contributed by atoms with E-state index in [1.54, 1.807) is 11.1 Å². The van der Waals surface area contributed by atoms with Gasteiger partial charge in [0, 0.05) is 25.3 Å². The first-order chi connectivity index (χ1) is 13.2. The Morgan fingerprint density at radius 2 is 2.07 bits per heavy atom. The van der Waals surface area contributed by atoms with Crippen LogP contribution in [-0.2, 0) is 9.53 Å². The molecule has 8 heteroatoms. The average molecular weight is 369 g/mol. The molecule has 0 aromatic carbocycles. The Morgan fingerprint density at radius 3 is 2.93 bits per heavy atom. The molecule has 2 aliphatic heterocycles. The highest BCUT2D eigenvalue weighted by Crippen LogP contribution is 2.31. The molecule has 8 nitrogen and oxygen atoms in total. The number of nitrogens with one attached hydrogen (secondary N) is 1. The van der Waals surface area contributed by atoms with Crippen LogP contribution in [0.3, 0.4) is 0 Å². The van der Waals surface area contributed by atoms with Gasteiger partial charge in [0.15, 0.2) is 5.65 Å². The van der Waals surface area contributed by atoms with Gasteiger partial charge in [-0.05, 0) is 25.3 Å². The number of aromatic nitrogens is 3. The number of fused-ring (bicyclic) bond motifs is 2. The van der Waals surface area contributed by atoms with Gasteiger partial charge in [-0.15, -0.1) is 0 Å². The Kier molecular flexibility index (Phi) is 4.07. The molecule has 2 atom stereocenters. The van der Waals surface area contributed by atoms with Crippen LogP contribution in [0.25, 0.3) is 11.2 Å². The lowest BCUT2D eigenvalue weighted by atomic mass is 10.00. The van der Waals surface area contributed by atoms with E-state index in [4.69, 9.17) is 4.74 Å². The summed E-state index contributed by atoms with van der Waals surface area (Å²) in [7, 11) is 0. The van der Waals surface area contributed by atoms with Crippen LogP contribution in [0, 0.1) is 0 Å². The molecule has 0 bridgehead atoms. The number of imidazole rings is 1. The average Bonchev–Trinajstić information content (AvgIpc) is 3.35. The van der Waals surface area contributed by atoms with Gasteiger partial charge >= 0.3 is 0 Å². The van der Waals surface area contributed by atoms with Crippen molar-refractivity contribution in [2.24, 2.45) is 0 Å². The van der Waals surface area contributed by atoms with Crippen molar-refractivity contribution in [1.82, 2.24) is 24.8 Å². The summed E-state index contributed by atoms with van der Waals surface area (Å²) in [5, 5.41) is 2.93. The van der Waals surface area contributed by atoms with Crippen LogP contribution in [0.5, 0.6) is 0 Å². The van der Waals surface area contributed by atoms with Crippen molar-refractivity contribution in [1.29, 1.82) is 0 Å². The molecule has 2 aromatic rings. The quantitative estimate of drug-likeness (QED) is 0.861. The third-order valence-electron chi connectivity index (χ3n) is 5.99. The Bertz CT molecular complexity index is 889. The van der Waals surface area contributed by atoms with E-state index in [0.29, 0.717) is 24.7 Å². The Hall–Kier alpha value is -2.48. The van der Waals surface area contributed by atoms with Crippen LogP contribution >= 0.6 is 0 Å². The molecule has 3 aliphatic rings. The maximum Gasteiger partial charge on any atom is 0.255 e. The maximum atomic E-state index is 13.0. The third kappa shape index (κ3) is 2.97. The minimum atomic E-state index is -0.137. The highest BCUT2D eigenvalue weighted by atomic mass is 16.5. The summed E-state index contributed by atoms with van der Waals surface area (Å²) in [5.41, 5.74) is 2.16. The van der Waals surface area contributed by atoms with Crippen molar-refractivity contribution in [3.05, 3.63) is 24.2 Å². The van der Waals surface area contributed by atoms with E-state index in [1.807, 2.05) is 12.4 Å². The lowest BCUT2D eigenvalue weighted by molar-refractivity contribution is -0.139. The second kappa shape index (κ2) is 6.60. The zero-order valence-corrected chi connectivity index (χ0v) is 15.1. The summed E-state index contributed by atoms with van der Waals surface area (Å²) < 4.78 is 7.71. The molecule has 27 heavy (non-hydrogen) atoms. The van der Waals surface area contributed by atoms with Crippen molar-refractivity contribution in [2.75, 3.05) is 19.7 Å². The number of hydrogen-bond acceptors (Lipinski definition) is 5.